The zero-order valence-corrected chi connectivity index (χ0v) is 36.0. The van der Waals surface area contributed by atoms with Crippen molar-refractivity contribution < 1.29 is 61.5 Å². The Kier molecular flexibility index (Phi) is 17.2. The topological polar surface area (TPSA) is 162 Å². The lowest BCUT2D eigenvalue weighted by Crippen LogP contribution is -2.26. The average Bonchev–Trinajstić information content (AvgIpc) is 3.83. The minimum absolute atomic E-state index is 0.0103. The Morgan fingerprint density at radius 1 is 0.741 bits per heavy atom. The fourth-order valence-electron chi connectivity index (χ4n) is 6.01. The normalized spacial score (nSPS) is 13.9. The summed E-state index contributed by atoms with van der Waals surface area (Å²) in [5.74, 6) is 1.75. The first-order valence-corrected chi connectivity index (χ1v) is 19.0. The summed E-state index contributed by atoms with van der Waals surface area (Å²) in [6.07, 6.45) is 3.61. The number of hydrogen-bond donors (Lipinski definition) is 1. The summed E-state index contributed by atoms with van der Waals surface area (Å²) >= 11 is 0. The average molecular weight is 807 g/mol. The summed E-state index contributed by atoms with van der Waals surface area (Å²) in [7, 11) is 7.52. The molecule has 0 amide bonds. The van der Waals surface area contributed by atoms with Crippen LogP contribution in [0.4, 0.5) is 0 Å². The Labute approximate surface area is 341 Å². The maximum absolute atomic E-state index is 13.6. The van der Waals surface area contributed by atoms with E-state index in [1.807, 2.05) is 47.6 Å². The molecule has 0 aliphatic heterocycles. The second kappa shape index (κ2) is 21.3. The molecular weight excluding hydrogens is 748 g/mol. The summed E-state index contributed by atoms with van der Waals surface area (Å²) in [4.78, 5) is 39.5. The van der Waals surface area contributed by atoms with E-state index in [1.54, 1.807) is 31.4 Å². The molecule has 1 aromatic carbocycles. The number of fused-ring (bicyclic) bond motifs is 2. The molecule has 0 saturated heterocycles. The highest BCUT2D eigenvalue weighted by molar-refractivity contribution is 6.04. The van der Waals surface area contributed by atoms with E-state index in [2.05, 4.69) is 0 Å². The summed E-state index contributed by atoms with van der Waals surface area (Å²) in [5, 5.41) is 8.47. The molecule has 0 bridgehead atoms. The van der Waals surface area contributed by atoms with Crippen LogP contribution < -0.4 is 0 Å². The van der Waals surface area contributed by atoms with Crippen molar-refractivity contribution in [2.24, 2.45) is 5.92 Å². The smallest absolute Gasteiger partial charge is 0.205 e. The van der Waals surface area contributed by atoms with Crippen LogP contribution >= 0.6 is 0 Å². The number of methoxy groups -OCH3 is 5. The van der Waals surface area contributed by atoms with Gasteiger partial charge in [0.1, 0.15) is 47.4 Å². The number of carbonyl (C=O) groups excluding carboxylic acids is 3. The molecule has 0 saturated carbocycles. The van der Waals surface area contributed by atoms with Crippen molar-refractivity contribution in [3.63, 3.8) is 0 Å². The molecule has 316 valence electrons. The first-order valence-electron chi connectivity index (χ1n) is 19.0. The highest BCUT2D eigenvalue weighted by Gasteiger charge is 2.33. The third-order valence-electron chi connectivity index (χ3n) is 9.29. The molecule has 2 aliphatic rings. The maximum atomic E-state index is 13.6. The summed E-state index contributed by atoms with van der Waals surface area (Å²) in [6.45, 7) is 14.1. The Balaban J connectivity index is 0.000000904. The molecule has 0 spiro atoms. The van der Waals surface area contributed by atoms with Gasteiger partial charge in [-0.1, -0.05) is 39.8 Å². The van der Waals surface area contributed by atoms with E-state index in [1.165, 1.54) is 54.8 Å². The van der Waals surface area contributed by atoms with Crippen LogP contribution in [0.3, 0.4) is 0 Å². The van der Waals surface area contributed by atoms with Gasteiger partial charge in [-0.25, -0.2) is 0 Å². The van der Waals surface area contributed by atoms with E-state index in [9.17, 15) is 14.4 Å². The molecule has 0 unspecified atom stereocenters. The van der Waals surface area contributed by atoms with Gasteiger partial charge in [-0.05, 0) is 51.5 Å². The van der Waals surface area contributed by atoms with Gasteiger partial charge in [0.05, 0.1) is 65.2 Å². The summed E-state index contributed by atoms with van der Waals surface area (Å²) < 4.78 is 51.6. The number of allylic oxidation sites excluding steroid dienone is 4. The van der Waals surface area contributed by atoms with Gasteiger partial charge in [-0.2, -0.15) is 0 Å². The Morgan fingerprint density at radius 3 is 1.90 bits per heavy atom. The molecule has 0 fully saturated rings. The molecular formula is C45H58O13. The van der Waals surface area contributed by atoms with Crippen molar-refractivity contribution in [1.29, 1.82) is 0 Å². The quantitative estimate of drug-likeness (QED) is 0.138. The molecule has 0 atom stereocenters. The molecule has 2 aromatic heterocycles. The van der Waals surface area contributed by atoms with E-state index in [0.717, 1.165) is 5.56 Å². The number of hydrogen-bond acceptors (Lipinski definition) is 13. The molecule has 2 aliphatic carbocycles. The van der Waals surface area contributed by atoms with Crippen molar-refractivity contribution in [1.82, 2.24) is 0 Å². The third kappa shape index (κ3) is 10.7. The van der Waals surface area contributed by atoms with Crippen LogP contribution in [0.15, 0.2) is 85.9 Å². The van der Waals surface area contributed by atoms with Crippen LogP contribution in [-0.2, 0) is 68.8 Å². The molecule has 13 nitrogen and oxygen atoms in total. The summed E-state index contributed by atoms with van der Waals surface area (Å²) in [6, 6.07) is 8.85. The van der Waals surface area contributed by atoms with Gasteiger partial charge < -0.3 is 47.1 Å². The minimum atomic E-state index is -0.361. The van der Waals surface area contributed by atoms with Crippen molar-refractivity contribution in [3.05, 3.63) is 116 Å². The second-order valence-corrected chi connectivity index (χ2v) is 13.9. The zero-order valence-electron chi connectivity index (χ0n) is 36.0. The Bertz CT molecular complexity index is 2040. The summed E-state index contributed by atoms with van der Waals surface area (Å²) in [5.41, 5.74) is 3.16. The van der Waals surface area contributed by atoms with Crippen LogP contribution in [0.2, 0.25) is 0 Å². The SMILES string of the molecule is CC.COC(C)(C)CO.COC1=C(OCc2ccc(COC3=C(OC)c4occc4CC(OC)=C3C(C)=O)cc2C(=O)C(C)C)C(C(C)=O)=C(OC)c2ccoc2C1. The first kappa shape index (κ1) is 46.8. The lowest BCUT2D eigenvalue weighted by atomic mass is 9.95. The first-order chi connectivity index (χ1) is 27.7. The molecule has 58 heavy (non-hydrogen) atoms. The largest absolute Gasteiger partial charge is 0.500 e. The molecule has 13 heteroatoms. The molecule has 5 rings (SSSR count). The standard InChI is InChI=1S/C38H40O11.C5H12O2.C2H6/c1-20(2)33(41)27-15-23(18-48-37-31(21(3)39)29(42-5)16-24-11-13-47-34(24)38(37)45-8)9-10-25(27)19-49-36-30(43-6)17-28-26(12-14-46-28)35(44-7)32(36)22(4)40;1-5(2,4-6)7-3;1-2/h9-15,20H,16-19H2,1-8H3;6H,4H2,1-3H3;1-2H3. The van der Waals surface area contributed by atoms with E-state index in [0.29, 0.717) is 57.5 Å². The van der Waals surface area contributed by atoms with Gasteiger partial charge in [0, 0.05) is 36.1 Å². The monoisotopic (exact) mass is 806 g/mol. The fourth-order valence-corrected chi connectivity index (χ4v) is 6.01. The van der Waals surface area contributed by atoms with Gasteiger partial charge in [0.2, 0.25) is 5.76 Å². The highest BCUT2D eigenvalue weighted by Crippen LogP contribution is 2.38. The Hall–Kier alpha value is -5.53. The predicted octanol–water partition coefficient (Wildman–Crippen LogP) is 8.30. The molecule has 2 heterocycles. The molecule has 3 aromatic rings. The number of rotatable bonds is 16. The van der Waals surface area contributed by atoms with Crippen LogP contribution in [0.25, 0.3) is 11.5 Å². The predicted molar refractivity (Wildman–Crippen MR) is 217 cm³/mol. The third-order valence-corrected chi connectivity index (χ3v) is 9.29. The van der Waals surface area contributed by atoms with E-state index in [-0.39, 0.29) is 83.5 Å². The highest BCUT2D eigenvalue weighted by atomic mass is 16.5. The van der Waals surface area contributed by atoms with Crippen LogP contribution in [0, 0.1) is 5.92 Å². The maximum Gasteiger partial charge on any atom is 0.205 e. The van der Waals surface area contributed by atoms with Gasteiger partial charge in [0.15, 0.2) is 34.6 Å². The van der Waals surface area contributed by atoms with Gasteiger partial charge in [-0.3, -0.25) is 14.4 Å². The van der Waals surface area contributed by atoms with Crippen molar-refractivity contribution >= 4 is 28.9 Å². The van der Waals surface area contributed by atoms with E-state index in [4.69, 9.17) is 47.1 Å². The van der Waals surface area contributed by atoms with Crippen molar-refractivity contribution in [2.75, 3.05) is 42.2 Å². The molecule has 1 N–H and O–H groups in total. The van der Waals surface area contributed by atoms with Crippen LogP contribution in [-0.4, -0.2) is 70.2 Å². The second-order valence-electron chi connectivity index (χ2n) is 13.9. The van der Waals surface area contributed by atoms with Crippen molar-refractivity contribution in [2.45, 2.75) is 87.0 Å². The Morgan fingerprint density at radius 2 is 1.36 bits per heavy atom. The minimum Gasteiger partial charge on any atom is -0.500 e. The lowest BCUT2D eigenvalue weighted by molar-refractivity contribution is -0.114. The number of furan rings is 2. The number of ketones is 3. The number of aliphatic hydroxyl groups is 1. The van der Waals surface area contributed by atoms with Crippen LogP contribution in [0.5, 0.6) is 0 Å². The van der Waals surface area contributed by atoms with Gasteiger partial charge in [-0.15, -0.1) is 0 Å². The number of carbonyl (C=O) groups is 3. The lowest BCUT2D eigenvalue weighted by Gasteiger charge is -2.19. The number of aliphatic hydroxyl groups excluding tert-OH is 1. The van der Waals surface area contributed by atoms with E-state index >= 15 is 0 Å². The molecule has 0 radical (unpaired) electrons. The van der Waals surface area contributed by atoms with Crippen molar-refractivity contribution in [3.8, 4) is 0 Å². The zero-order chi connectivity index (χ0) is 43.3. The van der Waals surface area contributed by atoms with Gasteiger partial charge >= 0.3 is 0 Å². The fraction of sp³-hybridized carbons (Fsp3) is 0.444. The van der Waals surface area contributed by atoms with E-state index < -0.39 is 0 Å². The van der Waals surface area contributed by atoms with Crippen LogP contribution in [0.1, 0.15) is 99.5 Å². The number of Topliss-reactive ketones (excluding diaryl/α,β-unsaturated/α-hetero) is 3. The van der Waals surface area contributed by atoms with Gasteiger partial charge in [0.25, 0.3) is 0 Å². The number of ether oxygens (including phenoxy) is 7. The number of benzene rings is 1.